The maximum Gasteiger partial charge on any atom is 0.305 e. The molecule has 1 aliphatic rings. The van der Waals surface area contributed by atoms with Crippen LogP contribution in [-0.2, 0) is 14.4 Å². The van der Waals surface area contributed by atoms with Crippen LogP contribution in [0.4, 0.5) is 4.39 Å². The zero-order valence-electron chi connectivity index (χ0n) is 9.56. The largest absolute Gasteiger partial charge is 0.481 e. The number of rotatable bonds is 4. The average Bonchev–Trinajstić information content (AvgIpc) is 2.23. The molecule has 0 saturated carbocycles. The zero-order chi connectivity index (χ0) is 13.0. The standard InChI is InChI=1S/C10H15FN2O4/c1-7(14)13-5-4-12(3-2-11)10(17)8(13)6-9(15)16/h8H,2-6H2,1H3,(H,15,16). The molecular weight excluding hydrogens is 231 g/mol. The van der Waals surface area contributed by atoms with E-state index >= 15 is 0 Å². The number of carbonyl (C=O) groups is 3. The summed E-state index contributed by atoms with van der Waals surface area (Å²) < 4.78 is 12.2. The molecule has 7 heteroatoms. The Morgan fingerprint density at radius 1 is 1.47 bits per heavy atom. The number of hydrogen-bond donors (Lipinski definition) is 1. The SMILES string of the molecule is CC(=O)N1CCN(CCF)C(=O)C1CC(=O)O. The van der Waals surface area contributed by atoms with Crippen molar-refractivity contribution in [2.45, 2.75) is 19.4 Å². The maximum atomic E-state index is 12.2. The lowest BCUT2D eigenvalue weighted by molar-refractivity contribution is -0.154. The van der Waals surface area contributed by atoms with Gasteiger partial charge < -0.3 is 14.9 Å². The van der Waals surface area contributed by atoms with Crippen LogP contribution < -0.4 is 0 Å². The van der Waals surface area contributed by atoms with Crippen LogP contribution >= 0.6 is 0 Å². The minimum Gasteiger partial charge on any atom is -0.481 e. The number of hydrogen-bond acceptors (Lipinski definition) is 3. The van der Waals surface area contributed by atoms with Crippen LogP contribution in [0.5, 0.6) is 0 Å². The minimum atomic E-state index is -1.16. The Morgan fingerprint density at radius 3 is 2.59 bits per heavy atom. The molecule has 0 aromatic carbocycles. The number of carboxylic acids is 1. The first kappa shape index (κ1) is 13.4. The molecule has 0 aromatic rings. The second kappa shape index (κ2) is 5.60. The van der Waals surface area contributed by atoms with Crippen LogP contribution in [0, 0.1) is 0 Å². The fourth-order valence-corrected chi connectivity index (χ4v) is 1.90. The number of carboxylic acid groups (broad SMARTS) is 1. The molecule has 1 fully saturated rings. The number of piperazine rings is 1. The Morgan fingerprint density at radius 2 is 2.12 bits per heavy atom. The van der Waals surface area contributed by atoms with Gasteiger partial charge in [-0.15, -0.1) is 0 Å². The van der Waals surface area contributed by atoms with Crippen molar-refractivity contribution in [1.82, 2.24) is 9.80 Å². The molecule has 0 aromatic heterocycles. The molecule has 0 radical (unpaired) electrons. The van der Waals surface area contributed by atoms with Crippen LogP contribution in [0.1, 0.15) is 13.3 Å². The van der Waals surface area contributed by atoms with E-state index in [9.17, 15) is 18.8 Å². The number of alkyl halides is 1. The van der Waals surface area contributed by atoms with Gasteiger partial charge in [-0.3, -0.25) is 14.4 Å². The number of halogens is 1. The van der Waals surface area contributed by atoms with Gasteiger partial charge in [-0.2, -0.15) is 0 Å². The van der Waals surface area contributed by atoms with E-state index < -0.39 is 31.0 Å². The smallest absolute Gasteiger partial charge is 0.305 e. The van der Waals surface area contributed by atoms with Crippen molar-refractivity contribution in [2.24, 2.45) is 0 Å². The van der Waals surface area contributed by atoms with Crippen LogP contribution in [0.2, 0.25) is 0 Å². The molecule has 1 saturated heterocycles. The second-order valence-corrected chi connectivity index (χ2v) is 3.84. The Labute approximate surface area is 98.0 Å². The molecule has 1 N–H and O–H groups in total. The van der Waals surface area contributed by atoms with Crippen molar-refractivity contribution in [1.29, 1.82) is 0 Å². The van der Waals surface area contributed by atoms with Crippen molar-refractivity contribution in [3.8, 4) is 0 Å². The fraction of sp³-hybridized carbons (Fsp3) is 0.700. The summed E-state index contributed by atoms with van der Waals surface area (Å²) in [5.41, 5.74) is 0. The van der Waals surface area contributed by atoms with E-state index in [4.69, 9.17) is 5.11 Å². The molecule has 0 bridgehead atoms. The molecular formula is C10H15FN2O4. The highest BCUT2D eigenvalue weighted by molar-refractivity contribution is 5.91. The van der Waals surface area contributed by atoms with E-state index in [-0.39, 0.29) is 25.5 Å². The summed E-state index contributed by atoms with van der Waals surface area (Å²) in [6, 6.07) is -1.01. The van der Waals surface area contributed by atoms with Crippen LogP contribution in [0.25, 0.3) is 0 Å². The molecule has 1 unspecified atom stereocenters. The monoisotopic (exact) mass is 246 g/mol. The van der Waals surface area contributed by atoms with Crippen LogP contribution in [0.15, 0.2) is 0 Å². The van der Waals surface area contributed by atoms with Gasteiger partial charge >= 0.3 is 5.97 Å². The Balaban J connectivity index is 2.82. The quantitative estimate of drug-likeness (QED) is 0.724. The molecule has 1 aliphatic heterocycles. The summed E-state index contributed by atoms with van der Waals surface area (Å²) in [4.78, 5) is 36.3. The van der Waals surface area contributed by atoms with Crippen molar-refractivity contribution >= 4 is 17.8 Å². The highest BCUT2D eigenvalue weighted by Gasteiger charge is 2.37. The first-order valence-electron chi connectivity index (χ1n) is 5.31. The lowest BCUT2D eigenvalue weighted by Gasteiger charge is -2.39. The van der Waals surface area contributed by atoms with Gasteiger partial charge in [0.25, 0.3) is 0 Å². The molecule has 1 atom stereocenters. The molecule has 1 heterocycles. The van der Waals surface area contributed by atoms with E-state index in [1.54, 1.807) is 0 Å². The van der Waals surface area contributed by atoms with Gasteiger partial charge in [-0.05, 0) is 0 Å². The van der Waals surface area contributed by atoms with E-state index in [1.165, 1.54) is 16.7 Å². The summed E-state index contributed by atoms with van der Waals surface area (Å²) in [6.45, 7) is 1.05. The molecule has 0 spiro atoms. The minimum absolute atomic E-state index is 0.0549. The van der Waals surface area contributed by atoms with Crippen molar-refractivity contribution < 1.29 is 23.9 Å². The van der Waals surface area contributed by atoms with E-state index in [0.29, 0.717) is 0 Å². The molecule has 17 heavy (non-hydrogen) atoms. The third-order valence-electron chi connectivity index (χ3n) is 2.71. The summed E-state index contributed by atoms with van der Waals surface area (Å²) in [7, 11) is 0. The average molecular weight is 246 g/mol. The van der Waals surface area contributed by atoms with Gasteiger partial charge in [0.05, 0.1) is 6.42 Å². The Kier molecular flexibility index (Phi) is 4.42. The highest BCUT2D eigenvalue weighted by Crippen LogP contribution is 2.15. The molecule has 6 nitrogen and oxygen atoms in total. The van der Waals surface area contributed by atoms with E-state index in [2.05, 4.69) is 0 Å². The predicted octanol–water partition coefficient (Wildman–Crippen LogP) is -0.510. The number of aliphatic carboxylic acids is 1. The number of nitrogens with zero attached hydrogens (tertiary/aromatic N) is 2. The number of carbonyl (C=O) groups excluding carboxylic acids is 2. The molecule has 0 aliphatic carbocycles. The Bertz CT molecular complexity index is 334. The third kappa shape index (κ3) is 3.15. The van der Waals surface area contributed by atoms with Crippen molar-refractivity contribution in [3.63, 3.8) is 0 Å². The number of amides is 2. The van der Waals surface area contributed by atoms with Crippen molar-refractivity contribution in [3.05, 3.63) is 0 Å². The van der Waals surface area contributed by atoms with E-state index in [1.807, 2.05) is 0 Å². The molecule has 2 amide bonds. The first-order valence-corrected chi connectivity index (χ1v) is 5.31. The summed E-state index contributed by atoms with van der Waals surface area (Å²) in [5, 5.41) is 8.72. The summed E-state index contributed by atoms with van der Waals surface area (Å²) in [5.74, 6) is -1.99. The van der Waals surface area contributed by atoms with Crippen LogP contribution in [0.3, 0.4) is 0 Å². The van der Waals surface area contributed by atoms with Gasteiger partial charge in [0.2, 0.25) is 11.8 Å². The van der Waals surface area contributed by atoms with Crippen molar-refractivity contribution in [2.75, 3.05) is 26.3 Å². The molecule has 96 valence electrons. The Hall–Kier alpha value is -1.66. The normalized spacial score (nSPS) is 20.6. The van der Waals surface area contributed by atoms with Gasteiger partial charge in [-0.1, -0.05) is 0 Å². The van der Waals surface area contributed by atoms with Gasteiger partial charge in [0.1, 0.15) is 12.7 Å². The summed E-state index contributed by atoms with van der Waals surface area (Å²) in [6.07, 6.45) is -0.443. The van der Waals surface area contributed by atoms with Crippen LogP contribution in [-0.4, -0.2) is 65.0 Å². The van der Waals surface area contributed by atoms with Gasteiger partial charge in [0.15, 0.2) is 0 Å². The highest BCUT2D eigenvalue weighted by atomic mass is 19.1. The molecule has 1 rings (SSSR count). The summed E-state index contributed by atoms with van der Waals surface area (Å²) >= 11 is 0. The van der Waals surface area contributed by atoms with E-state index in [0.717, 1.165) is 0 Å². The first-order chi connectivity index (χ1) is 7.97. The second-order valence-electron chi connectivity index (χ2n) is 3.84. The topological polar surface area (TPSA) is 77.9 Å². The van der Waals surface area contributed by atoms with Gasteiger partial charge in [-0.25, -0.2) is 4.39 Å². The van der Waals surface area contributed by atoms with Gasteiger partial charge in [0, 0.05) is 26.6 Å². The predicted molar refractivity (Wildman–Crippen MR) is 56.0 cm³/mol. The third-order valence-corrected chi connectivity index (χ3v) is 2.71. The lowest BCUT2D eigenvalue weighted by Crippen LogP contribution is -2.59. The zero-order valence-corrected chi connectivity index (χ0v) is 9.56. The lowest BCUT2D eigenvalue weighted by atomic mass is 10.1. The maximum absolute atomic E-state index is 12.2. The fourth-order valence-electron chi connectivity index (χ4n) is 1.90.